The van der Waals surface area contributed by atoms with E-state index in [1.54, 1.807) is 25.3 Å². The van der Waals surface area contributed by atoms with Gasteiger partial charge in [0.25, 0.3) is 0 Å². The highest BCUT2D eigenvalue weighted by atomic mass is 35.5. The number of aromatic amines is 1. The first kappa shape index (κ1) is 12.8. The SMILES string of the molecule is CC1(C(O)c2cc(Cl)cc3cn[nH]c23)CC(F)(F)C1. The van der Waals surface area contributed by atoms with Crippen molar-refractivity contribution < 1.29 is 13.9 Å². The maximum atomic E-state index is 13.1. The molecule has 1 saturated carbocycles. The topological polar surface area (TPSA) is 48.9 Å². The summed E-state index contributed by atoms with van der Waals surface area (Å²) in [7, 11) is 0. The lowest BCUT2D eigenvalue weighted by Crippen LogP contribution is -2.47. The van der Waals surface area contributed by atoms with Crippen molar-refractivity contribution in [2.45, 2.75) is 31.8 Å². The highest BCUT2D eigenvalue weighted by molar-refractivity contribution is 6.31. The van der Waals surface area contributed by atoms with Crippen LogP contribution >= 0.6 is 11.6 Å². The number of halogens is 3. The minimum absolute atomic E-state index is 0.316. The van der Waals surface area contributed by atoms with Crippen molar-refractivity contribution in [3.63, 3.8) is 0 Å². The standard InChI is InChI=1S/C13H13ClF2N2O/c1-12(5-13(15,16)6-12)11(19)9-3-8(14)2-7-4-17-18-10(7)9/h2-4,11,19H,5-6H2,1H3,(H,17,18). The van der Waals surface area contributed by atoms with Gasteiger partial charge in [-0.15, -0.1) is 0 Å². The summed E-state index contributed by atoms with van der Waals surface area (Å²) in [5.74, 6) is -2.68. The van der Waals surface area contributed by atoms with E-state index in [1.807, 2.05) is 0 Å². The third kappa shape index (κ3) is 2.01. The van der Waals surface area contributed by atoms with Crippen LogP contribution in [0.4, 0.5) is 8.78 Å². The fraction of sp³-hybridized carbons (Fsp3) is 0.462. The number of rotatable bonds is 2. The molecule has 3 nitrogen and oxygen atoms in total. The number of aromatic nitrogens is 2. The van der Waals surface area contributed by atoms with Crippen LogP contribution in [0.5, 0.6) is 0 Å². The van der Waals surface area contributed by atoms with Crippen molar-refractivity contribution >= 4 is 22.5 Å². The monoisotopic (exact) mass is 286 g/mol. The number of aliphatic hydroxyl groups is 1. The lowest BCUT2D eigenvalue weighted by molar-refractivity contribution is -0.193. The Morgan fingerprint density at radius 1 is 1.42 bits per heavy atom. The Balaban J connectivity index is 2.02. The molecular formula is C13H13ClF2N2O. The fourth-order valence-electron chi connectivity index (χ4n) is 2.96. The summed E-state index contributed by atoms with van der Waals surface area (Å²) < 4.78 is 26.2. The molecule has 102 valence electrons. The van der Waals surface area contributed by atoms with Gasteiger partial charge in [-0.3, -0.25) is 5.10 Å². The first-order valence-electron chi connectivity index (χ1n) is 5.99. The molecule has 3 rings (SSSR count). The number of hydrogen-bond acceptors (Lipinski definition) is 2. The molecule has 1 aromatic carbocycles. The number of hydrogen-bond donors (Lipinski definition) is 2. The summed E-state index contributed by atoms with van der Waals surface area (Å²) in [5, 5.41) is 18.3. The van der Waals surface area contributed by atoms with E-state index in [4.69, 9.17) is 11.6 Å². The zero-order chi connectivity index (χ0) is 13.8. The molecule has 1 aliphatic carbocycles. The highest BCUT2D eigenvalue weighted by Crippen LogP contribution is 2.58. The van der Waals surface area contributed by atoms with Crippen LogP contribution in [0.15, 0.2) is 18.3 Å². The summed E-state index contributed by atoms with van der Waals surface area (Å²) in [4.78, 5) is 0. The molecule has 1 heterocycles. The van der Waals surface area contributed by atoms with Crippen molar-refractivity contribution in [3.05, 3.63) is 28.9 Å². The van der Waals surface area contributed by atoms with Gasteiger partial charge >= 0.3 is 0 Å². The van der Waals surface area contributed by atoms with E-state index in [0.29, 0.717) is 16.1 Å². The van der Waals surface area contributed by atoms with Crippen LogP contribution in [-0.4, -0.2) is 21.2 Å². The molecule has 0 amide bonds. The molecule has 1 aromatic heterocycles. The smallest absolute Gasteiger partial charge is 0.249 e. The van der Waals surface area contributed by atoms with E-state index in [2.05, 4.69) is 10.2 Å². The number of fused-ring (bicyclic) bond motifs is 1. The summed E-state index contributed by atoms with van der Waals surface area (Å²) in [6.45, 7) is 1.66. The molecule has 0 aliphatic heterocycles. The zero-order valence-corrected chi connectivity index (χ0v) is 11.0. The average Bonchev–Trinajstić information content (AvgIpc) is 2.71. The van der Waals surface area contributed by atoms with Crippen LogP contribution in [0.2, 0.25) is 5.02 Å². The second-order valence-corrected chi connectivity index (χ2v) is 6.03. The summed E-state index contributed by atoms with van der Waals surface area (Å²) in [6, 6.07) is 3.32. The first-order valence-corrected chi connectivity index (χ1v) is 6.37. The molecule has 0 bridgehead atoms. The maximum Gasteiger partial charge on any atom is 0.249 e. The number of benzene rings is 1. The van der Waals surface area contributed by atoms with Gasteiger partial charge in [0, 0.05) is 34.2 Å². The van der Waals surface area contributed by atoms with E-state index < -0.39 is 17.4 Å². The molecule has 6 heteroatoms. The number of alkyl halides is 2. The molecule has 19 heavy (non-hydrogen) atoms. The molecule has 2 aromatic rings. The molecule has 0 saturated heterocycles. The molecule has 1 unspecified atom stereocenters. The lowest BCUT2D eigenvalue weighted by atomic mass is 9.62. The van der Waals surface area contributed by atoms with Gasteiger partial charge < -0.3 is 5.11 Å². The van der Waals surface area contributed by atoms with Crippen molar-refractivity contribution in [2.24, 2.45) is 5.41 Å². The van der Waals surface area contributed by atoms with Crippen LogP contribution in [0, 0.1) is 5.41 Å². The highest BCUT2D eigenvalue weighted by Gasteiger charge is 2.57. The summed E-state index contributed by atoms with van der Waals surface area (Å²) >= 11 is 5.99. The predicted octanol–water partition coefficient (Wildman–Crippen LogP) is 3.69. The van der Waals surface area contributed by atoms with Crippen LogP contribution in [0.3, 0.4) is 0 Å². The second-order valence-electron chi connectivity index (χ2n) is 5.60. The van der Waals surface area contributed by atoms with E-state index in [-0.39, 0.29) is 12.8 Å². The van der Waals surface area contributed by atoms with Gasteiger partial charge in [0.15, 0.2) is 0 Å². The first-order chi connectivity index (χ1) is 8.81. The summed E-state index contributed by atoms with van der Waals surface area (Å²) in [6.07, 6.45) is -0.0318. The molecule has 0 spiro atoms. The molecule has 0 radical (unpaired) electrons. The largest absolute Gasteiger partial charge is 0.388 e. The van der Waals surface area contributed by atoms with Crippen molar-refractivity contribution in [1.29, 1.82) is 0 Å². The Hall–Kier alpha value is -1.20. The molecule has 1 atom stereocenters. The molecular weight excluding hydrogens is 274 g/mol. The van der Waals surface area contributed by atoms with E-state index >= 15 is 0 Å². The third-order valence-electron chi connectivity index (χ3n) is 3.82. The Bertz CT molecular complexity index is 633. The van der Waals surface area contributed by atoms with Gasteiger partial charge in [0.1, 0.15) is 0 Å². The lowest BCUT2D eigenvalue weighted by Gasteiger charge is -2.47. The van der Waals surface area contributed by atoms with Gasteiger partial charge in [-0.25, -0.2) is 8.78 Å². The second kappa shape index (κ2) is 3.90. The van der Waals surface area contributed by atoms with E-state index in [9.17, 15) is 13.9 Å². The van der Waals surface area contributed by atoms with Gasteiger partial charge in [-0.05, 0) is 12.1 Å². The number of nitrogens with one attached hydrogen (secondary N) is 1. The molecule has 1 fully saturated rings. The Morgan fingerprint density at radius 3 is 2.74 bits per heavy atom. The van der Waals surface area contributed by atoms with Gasteiger partial charge in [-0.1, -0.05) is 18.5 Å². The molecule has 2 N–H and O–H groups in total. The Labute approximate surface area is 113 Å². The van der Waals surface area contributed by atoms with E-state index in [0.717, 1.165) is 5.39 Å². The Kier molecular flexibility index (Phi) is 2.63. The minimum atomic E-state index is -2.68. The predicted molar refractivity (Wildman–Crippen MR) is 68.4 cm³/mol. The number of nitrogens with zero attached hydrogens (tertiary/aromatic N) is 1. The van der Waals surface area contributed by atoms with Crippen LogP contribution in [-0.2, 0) is 0 Å². The average molecular weight is 287 g/mol. The summed E-state index contributed by atoms with van der Waals surface area (Å²) in [5.41, 5.74) is 0.345. The minimum Gasteiger partial charge on any atom is -0.388 e. The van der Waals surface area contributed by atoms with Crippen molar-refractivity contribution in [1.82, 2.24) is 10.2 Å². The quantitative estimate of drug-likeness (QED) is 0.884. The van der Waals surface area contributed by atoms with Gasteiger partial charge in [0.05, 0.1) is 17.8 Å². The van der Waals surface area contributed by atoms with Crippen LogP contribution in [0.1, 0.15) is 31.4 Å². The third-order valence-corrected chi connectivity index (χ3v) is 4.04. The van der Waals surface area contributed by atoms with Crippen LogP contribution < -0.4 is 0 Å². The van der Waals surface area contributed by atoms with Crippen molar-refractivity contribution in [3.8, 4) is 0 Å². The normalized spacial score (nSPS) is 22.2. The van der Waals surface area contributed by atoms with Crippen LogP contribution in [0.25, 0.3) is 10.9 Å². The van der Waals surface area contributed by atoms with E-state index in [1.165, 1.54) is 0 Å². The van der Waals surface area contributed by atoms with Gasteiger partial charge in [-0.2, -0.15) is 5.10 Å². The number of aliphatic hydroxyl groups excluding tert-OH is 1. The van der Waals surface area contributed by atoms with Gasteiger partial charge in [0.2, 0.25) is 5.92 Å². The zero-order valence-electron chi connectivity index (χ0n) is 10.3. The fourth-order valence-corrected chi connectivity index (χ4v) is 3.20. The Morgan fingerprint density at radius 2 is 2.11 bits per heavy atom. The number of H-pyrrole nitrogens is 1. The van der Waals surface area contributed by atoms with Crippen molar-refractivity contribution in [2.75, 3.05) is 0 Å². The molecule has 1 aliphatic rings. The maximum absolute atomic E-state index is 13.1.